The predicted molar refractivity (Wildman–Crippen MR) is 106 cm³/mol. The molecule has 6 nitrogen and oxygen atoms in total. The van der Waals surface area contributed by atoms with Gasteiger partial charge < -0.3 is 10.2 Å². The van der Waals surface area contributed by atoms with Crippen molar-refractivity contribution in [3.8, 4) is 0 Å². The van der Waals surface area contributed by atoms with E-state index < -0.39 is 0 Å². The monoisotopic (exact) mass is 368 g/mol. The molecule has 1 aromatic heterocycles. The second kappa shape index (κ2) is 9.46. The van der Waals surface area contributed by atoms with E-state index >= 15 is 0 Å². The van der Waals surface area contributed by atoms with Crippen molar-refractivity contribution in [2.24, 2.45) is 0 Å². The van der Waals surface area contributed by atoms with Crippen LogP contribution in [0.4, 0.5) is 0 Å². The summed E-state index contributed by atoms with van der Waals surface area (Å²) in [6, 6.07) is 12.9. The SMILES string of the molecule is CCCCn1nc(C(=O)NC(CN2CCCC2)c2ccccc2)ccc1=O. The lowest BCUT2D eigenvalue weighted by atomic mass is 10.1. The fourth-order valence-electron chi connectivity index (χ4n) is 3.41. The van der Waals surface area contributed by atoms with Gasteiger partial charge in [-0.25, -0.2) is 4.68 Å². The second-order valence-electron chi connectivity index (χ2n) is 7.08. The molecule has 3 rings (SSSR count). The Hall–Kier alpha value is -2.47. The number of carbonyl (C=O) groups excluding carboxylic acids is 1. The number of hydrogen-bond acceptors (Lipinski definition) is 4. The Balaban J connectivity index is 1.76. The number of hydrogen-bond donors (Lipinski definition) is 1. The zero-order valence-electron chi connectivity index (χ0n) is 15.9. The number of likely N-dealkylation sites (tertiary alicyclic amines) is 1. The maximum Gasteiger partial charge on any atom is 0.272 e. The van der Waals surface area contributed by atoms with E-state index in [1.54, 1.807) is 0 Å². The number of rotatable bonds is 8. The van der Waals surface area contributed by atoms with Crippen LogP contribution in [-0.4, -0.2) is 40.2 Å². The third kappa shape index (κ3) is 5.26. The van der Waals surface area contributed by atoms with E-state index in [4.69, 9.17) is 0 Å². The van der Waals surface area contributed by atoms with Crippen LogP contribution in [0.25, 0.3) is 0 Å². The summed E-state index contributed by atoms with van der Waals surface area (Å²) in [5.74, 6) is -0.242. The molecular weight excluding hydrogens is 340 g/mol. The highest BCUT2D eigenvalue weighted by molar-refractivity contribution is 5.92. The number of nitrogens with one attached hydrogen (secondary N) is 1. The molecule has 1 aliphatic rings. The summed E-state index contributed by atoms with van der Waals surface area (Å²) in [5, 5.41) is 7.39. The molecule has 1 N–H and O–H groups in total. The first kappa shape index (κ1) is 19.3. The van der Waals surface area contributed by atoms with Gasteiger partial charge in [0.1, 0.15) is 5.69 Å². The Bertz CT molecular complexity index is 797. The van der Waals surface area contributed by atoms with Gasteiger partial charge in [0.25, 0.3) is 11.5 Å². The largest absolute Gasteiger partial charge is 0.343 e. The van der Waals surface area contributed by atoms with Gasteiger partial charge in [0.15, 0.2) is 0 Å². The number of benzene rings is 1. The molecule has 144 valence electrons. The maximum absolute atomic E-state index is 12.8. The summed E-state index contributed by atoms with van der Waals surface area (Å²) in [5.41, 5.74) is 1.20. The van der Waals surface area contributed by atoms with Crippen LogP contribution in [0.3, 0.4) is 0 Å². The molecule has 0 saturated carbocycles. The van der Waals surface area contributed by atoms with E-state index in [-0.39, 0.29) is 23.2 Å². The van der Waals surface area contributed by atoms with Crippen molar-refractivity contribution in [3.63, 3.8) is 0 Å². The maximum atomic E-state index is 12.8. The Morgan fingerprint density at radius 1 is 1.15 bits per heavy atom. The fraction of sp³-hybridized carbons (Fsp3) is 0.476. The quantitative estimate of drug-likeness (QED) is 0.778. The highest BCUT2D eigenvalue weighted by Gasteiger charge is 2.22. The van der Waals surface area contributed by atoms with Crippen LogP contribution in [0.1, 0.15) is 54.7 Å². The molecule has 0 aliphatic carbocycles. The molecule has 1 aliphatic heterocycles. The van der Waals surface area contributed by atoms with Gasteiger partial charge in [-0.1, -0.05) is 43.7 Å². The van der Waals surface area contributed by atoms with Gasteiger partial charge in [0.2, 0.25) is 0 Å². The second-order valence-corrected chi connectivity index (χ2v) is 7.08. The summed E-state index contributed by atoms with van der Waals surface area (Å²) >= 11 is 0. The van der Waals surface area contributed by atoms with Crippen LogP contribution in [0.5, 0.6) is 0 Å². The van der Waals surface area contributed by atoms with Crippen LogP contribution in [-0.2, 0) is 6.54 Å². The smallest absolute Gasteiger partial charge is 0.272 e. The molecule has 1 amide bonds. The predicted octanol–water partition coefficient (Wildman–Crippen LogP) is 2.61. The van der Waals surface area contributed by atoms with Crippen LogP contribution in [0, 0.1) is 0 Å². The van der Waals surface area contributed by atoms with Crippen molar-refractivity contribution < 1.29 is 4.79 Å². The number of carbonyl (C=O) groups is 1. The van der Waals surface area contributed by atoms with Crippen LogP contribution >= 0.6 is 0 Å². The Kier molecular flexibility index (Phi) is 6.76. The van der Waals surface area contributed by atoms with E-state index in [0.29, 0.717) is 6.54 Å². The van der Waals surface area contributed by atoms with Gasteiger partial charge in [-0.05, 0) is 44.0 Å². The van der Waals surface area contributed by atoms with Crippen molar-refractivity contribution in [1.82, 2.24) is 20.0 Å². The summed E-state index contributed by atoms with van der Waals surface area (Å²) in [7, 11) is 0. The zero-order valence-corrected chi connectivity index (χ0v) is 15.9. The molecule has 2 heterocycles. The summed E-state index contributed by atoms with van der Waals surface area (Å²) in [6.45, 7) is 5.51. The Morgan fingerprint density at radius 3 is 2.59 bits per heavy atom. The Labute approximate surface area is 160 Å². The third-order valence-corrected chi connectivity index (χ3v) is 4.97. The first-order valence-electron chi connectivity index (χ1n) is 9.83. The lowest BCUT2D eigenvalue weighted by Gasteiger charge is -2.25. The normalized spacial score (nSPS) is 15.6. The van der Waals surface area contributed by atoms with E-state index in [9.17, 15) is 9.59 Å². The van der Waals surface area contributed by atoms with Crippen LogP contribution in [0.15, 0.2) is 47.3 Å². The molecule has 0 spiro atoms. The molecule has 1 saturated heterocycles. The number of nitrogens with zero attached hydrogens (tertiary/aromatic N) is 3. The van der Waals surface area contributed by atoms with Crippen molar-refractivity contribution in [3.05, 3.63) is 64.1 Å². The highest BCUT2D eigenvalue weighted by atomic mass is 16.2. The van der Waals surface area contributed by atoms with Gasteiger partial charge in [0.05, 0.1) is 6.04 Å². The molecule has 2 aromatic rings. The first-order chi connectivity index (χ1) is 13.2. The number of amides is 1. The van der Waals surface area contributed by atoms with Crippen molar-refractivity contribution in [1.29, 1.82) is 0 Å². The van der Waals surface area contributed by atoms with Crippen LogP contribution in [0.2, 0.25) is 0 Å². The zero-order chi connectivity index (χ0) is 19.1. The molecule has 1 aromatic carbocycles. The summed E-state index contributed by atoms with van der Waals surface area (Å²) in [4.78, 5) is 27.2. The van der Waals surface area contributed by atoms with Gasteiger partial charge >= 0.3 is 0 Å². The van der Waals surface area contributed by atoms with Crippen molar-refractivity contribution >= 4 is 5.91 Å². The highest BCUT2D eigenvalue weighted by Crippen LogP contribution is 2.18. The summed E-state index contributed by atoms with van der Waals surface area (Å²) in [6.07, 6.45) is 4.24. The molecule has 6 heteroatoms. The van der Waals surface area contributed by atoms with E-state index in [0.717, 1.165) is 38.0 Å². The molecular formula is C21H28N4O2. The lowest BCUT2D eigenvalue weighted by molar-refractivity contribution is 0.0919. The lowest BCUT2D eigenvalue weighted by Crippen LogP contribution is -2.38. The van der Waals surface area contributed by atoms with Gasteiger partial charge in [-0.15, -0.1) is 0 Å². The molecule has 1 atom stereocenters. The number of aromatic nitrogens is 2. The third-order valence-electron chi connectivity index (χ3n) is 4.97. The van der Waals surface area contributed by atoms with E-state index in [1.807, 2.05) is 30.3 Å². The van der Waals surface area contributed by atoms with Crippen LogP contribution < -0.4 is 10.9 Å². The van der Waals surface area contributed by atoms with Gasteiger partial charge in [0, 0.05) is 19.2 Å². The van der Waals surface area contributed by atoms with E-state index in [2.05, 4.69) is 22.2 Å². The van der Waals surface area contributed by atoms with Crippen molar-refractivity contribution in [2.75, 3.05) is 19.6 Å². The fourth-order valence-corrected chi connectivity index (χ4v) is 3.41. The van der Waals surface area contributed by atoms with Gasteiger partial charge in [-0.2, -0.15) is 5.10 Å². The van der Waals surface area contributed by atoms with Crippen molar-refractivity contribution in [2.45, 2.75) is 45.2 Å². The molecule has 27 heavy (non-hydrogen) atoms. The standard InChI is InChI=1S/C21H28N4O2/c1-2-3-15-25-20(26)12-11-18(23-25)21(27)22-19(16-24-13-7-8-14-24)17-9-5-4-6-10-17/h4-6,9-12,19H,2-3,7-8,13-16H2,1H3,(H,22,27). The Morgan fingerprint density at radius 2 is 1.89 bits per heavy atom. The first-order valence-corrected chi connectivity index (χ1v) is 9.83. The number of unbranched alkanes of at least 4 members (excludes halogenated alkanes) is 1. The van der Waals surface area contributed by atoms with Gasteiger partial charge in [-0.3, -0.25) is 9.59 Å². The average molecular weight is 368 g/mol. The topological polar surface area (TPSA) is 67.2 Å². The minimum atomic E-state index is -0.242. The number of aryl methyl sites for hydroxylation is 1. The molecule has 1 fully saturated rings. The minimum absolute atomic E-state index is 0.102. The average Bonchev–Trinajstić information content (AvgIpc) is 3.20. The molecule has 1 unspecified atom stereocenters. The summed E-state index contributed by atoms with van der Waals surface area (Å²) < 4.78 is 1.39. The van der Waals surface area contributed by atoms with E-state index in [1.165, 1.54) is 29.7 Å². The molecule has 0 bridgehead atoms. The minimum Gasteiger partial charge on any atom is -0.343 e. The molecule has 0 radical (unpaired) electrons.